The highest BCUT2D eigenvalue weighted by molar-refractivity contribution is 5.55. The molecular weight excluding hydrogens is 234 g/mol. The number of aliphatic hydroxyl groups excluding tert-OH is 1. The third-order valence-corrected chi connectivity index (χ3v) is 2.63. The molecule has 0 bridgehead atoms. The van der Waals surface area contributed by atoms with Crippen LogP contribution >= 0.6 is 0 Å². The van der Waals surface area contributed by atoms with E-state index in [1.165, 1.54) is 0 Å². The molecule has 2 aromatic rings. The summed E-state index contributed by atoms with van der Waals surface area (Å²) in [6, 6.07) is 1.88. The summed E-state index contributed by atoms with van der Waals surface area (Å²) in [5.74, 6) is 2.59. The zero-order valence-corrected chi connectivity index (χ0v) is 10.8. The Morgan fingerprint density at radius 1 is 1.28 bits per heavy atom. The van der Waals surface area contributed by atoms with Crippen LogP contribution in [-0.2, 0) is 6.54 Å². The summed E-state index contributed by atoms with van der Waals surface area (Å²) in [5.41, 5.74) is 0.830. The first kappa shape index (κ1) is 12.8. The van der Waals surface area contributed by atoms with Crippen molar-refractivity contribution in [2.75, 3.05) is 20.2 Å². The third-order valence-electron chi connectivity index (χ3n) is 2.63. The number of furan rings is 1. The number of aryl methyl sites for hydroxylation is 2. The highest BCUT2D eigenvalue weighted by Crippen LogP contribution is 2.25. The van der Waals surface area contributed by atoms with E-state index < -0.39 is 0 Å². The van der Waals surface area contributed by atoms with E-state index in [0.717, 1.165) is 17.1 Å². The summed E-state index contributed by atoms with van der Waals surface area (Å²) in [6.07, 6.45) is 0. The van der Waals surface area contributed by atoms with E-state index in [1.54, 1.807) is 0 Å². The van der Waals surface area contributed by atoms with Crippen molar-refractivity contribution in [2.45, 2.75) is 20.4 Å². The van der Waals surface area contributed by atoms with Gasteiger partial charge in [-0.3, -0.25) is 4.90 Å². The SMILES string of the molecule is Cc1cc(-c2nnc(CN(C)CCO)o2)c(C)o1. The Hall–Kier alpha value is -1.66. The monoisotopic (exact) mass is 251 g/mol. The maximum Gasteiger partial charge on any atom is 0.251 e. The fourth-order valence-electron chi connectivity index (χ4n) is 1.75. The summed E-state index contributed by atoms with van der Waals surface area (Å²) in [5, 5.41) is 16.8. The van der Waals surface area contributed by atoms with Crippen LogP contribution in [0.1, 0.15) is 17.4 Å². The van der Waals surface area contributed by atoms with E-state index in [1.807, 2.05) is 31.9 Å². The second-order valence-electron chi connectivity index (χ2n) is 4.29. The number of aromatic nitrogens is 2. The van der Waals surface area contributed by atoms with Crippen molar-refractivity contribution >= 4 is 0 Å². The average Bonchev–Trinajstić information content (AvgIpc) is 2.85. The van der Waals surface area contributed by atoms with Crippen molar-refractivity contribution in [1.82, 2.24) is 15.1 Å². The molecule has 0 aromatic carbocycles. The summed E-state index contributed by atoms with van der Waals surface area (Å²) in [6.45, 7) is 4.94. The average molecular weight is 251 g/mol. The molecule has 0 aliphatic heterocycles. The first-order valence-corrected chi connectivity index (χ1v) is 5.79. The molecule has 0 aliphatic carbocycles. The van der Waals surface area contributed by atoms with Gasteiger partial charge in [-0.2, -0.15) is 0 Å². The molecule has 0 fully saturated rings. The number of hydrogen-bond acceptors (Lipinski definition) is 6. The summed E-state index contributed by atoms with van der Waals surface area (Å²) in [4.78, 5) is 1.91. The zero-order valence-electron chi connectivity index (χ0n) is 10.8. The van der Waals surface area contributed by atoms with Gasteiger partial charge in [0.15, 0.2) is 0 Å². The second kappa shape index (κ2) is 5.32. The van der Waals surface area contributed by atoms with Gasteiger partial charge in [-0.05, 0) is 27.0 Å². The fraction of sp³-hybridized carbons (Fsp3) is 0.500. The molecular formula is C12H17N3O3. The molecule has 18 heavy (non-hydrogen) atoms. The van der Waals surface area contributed by atoms with Crippen molar-refractivity contribution in [3.63, 3.8) is 0 Å². The molecule has 0 saturated carbocycles. The Morgan fingerprint density at radius 2 is 2.06 bits per heavy atom. The van der Waals surface area contributed by atoms with Gasteiger partial charge in [0.2, 0.25) is 5.89 Å². The van der Waals surface area contributed by atoms with Gasteiger partial charge >= 0.3 is 0 Å². The summed E-state index contributed by atoms with van der Waals surface area (Å²) < 4.78 is 11.0. The van der Waals surface area contributed by atoms with E-state index in [9.17, 15) is 0 Å². The smallest absolute Gasteiger partial charge is 0.251 e. The lowest BCUT2D eigenvalue weighted by Crippen LogP contribution is -2.21. The summed E-state index contributed by atoms with van der Waals surface area (Å²) >= 11 is 0. The molecule has 2 heterocycles. The first-order chi connectivity index (χ1) is 8.60. The molecule has 0 spiro atoms. The van der Waals surface area contributed by atoms with E-state index in [2.05, 4.69) is 10.2 Å². The van der Waals surface area contributed by atoms with Crippen LogP contribution in [0.5, 0.6) is 0 Å². The fourth-order valence-corrected chi connectivity index (χ4v) is 1.75. The Bertz CT molecular complexity index is 518. The normalized spacial score (nSPS) is 11.4. The number of likely N-dealkylation sites (N-methyl/N-ethyl adjacent to an activating group) is 1. The molecule has 0 aliphatic rings. The van der Waals surface area contributed by atoms with E-state index >= 15 is 0 Å². The molecule has 0 atom stereocenters. The Kier molecular flexibility index (Phi) is 3.78. The lowest BCUT2D eigenvalue weighted by Gasteiger charge is -2.11. The van der Waals surface area contributed by atoms with Crippen molar-refractivity contribution in [1.29, 1.82) is 0 Å². The molecule has 6 heteroatoms. The second-order valence-corrected chi connectivity index (χ2v) is 4.29. The predicted octanol–water partition coefficient (Wildman–Crippen LogP) is 1.37. The number of hydrogen-bond donors (Lipinski definition) is 1. The minimum Gasteiger partial charge on any atom is -0.466 e. The van der Waals surface area contributed by atoms with Gasteiger partial charge < -0.3 is 13.9 Å². The lowest BCUT2D eigenvalue weighted by atomic mass is 10.2. The predicted molar refractivity (Wildman–Crippen MR) is 64.9 cm³/mol. The largest absolute Gasteiger partial charge is 0.466 e. The van der Waals surface area contributed by atoms with E-state index in [4.69, 9.17) is 13.9 Å². The van der Waals surface area contributed by atoms with Crippen molar-refractivity contribution in [3.05, 3.63) is 23.5 Å². The molecule has 2 rings (SSSR count). The van der Waals surface area contributed by atoms with Gasteiger partial charge in [-0.1, -0.05) is 0 Å². The molecule has 0 unspecified atom stereocenters. The van der Waals surface area contributed by atoms with Crippen molar-refractivity contribution in [3.8, 4) is 11.5 Å². The Morgan fingerprint density at radius 3 is 2.67 bits per heavy atom. The quantitative estimate of drug-likeness (QED) is 0.865. The number of rotatable bonds is 5. The topological polar surface area (TPSA) is 75.5 Å². The van der Waals surface area contributed by atoms with Crippen LogP contribution in [0.15, 0.2) is 14.9 Å². The van der Waals surface area contributed by atoms with E-state index in [-0.39, 0.29) is 6.61 Å². The first-order valence-electron chi connectivity index (χ1n) is 5.79. The standard InChI is InChI=1S/C12H17N3O3/c1-8-6-10(9(2)17-8)12-14-13-11(18-12)7-15(3)4-5-16/h6,16H,4-5,7H2,1-3H3. The van der Waals surface area contributed by atoms with Crippen LogP contribution in [0, 0.1) is 13.8 Å². The minimum absolute atomic E-state index is 0.109. The van der Waals surface area contributed by atoms with Crippen LogP contribution in [0.25, 0.3) is 11.5 Å². The highest BCUT2D eigenvalue weighted by Gasteiger charge is 2.15. The van der Waals surface area contributed by atoms with Crippen LogP contribution in [0.4, 0.5) is 0 Å². The molecule has 0 saturated heterocycles. The Labute approximate surface area is 105 Å². The van der Waals surface area contributed by atoms with Gasteiger partial charge in [0.1, 0.15) is 11.5 Å². The van der Waals surface area contributed by atoms with Crippen LogP contribution < -0.4 is 0 Å². The van der Waals surface area contributed by atoms with Gasteiger partial charge in [0, 0.05) is 6.54 Å². The van der Waals surface area contributed by atoms with Crippen molar-refractivity contribution in [2.24, 2.45) is 0 Å². The maximum atomic E-state index is 8.82. The number of aliphatic hydroxyl groups is 1. The highest BCUT2D eigenvalue weighted by atomic mass is 16.4. The van der Waals surface area contributed by atoms with Gasteiger partial charge in [-0.15, -0.1) is 10.2 Å². The molecule has 6 nitrogen and oxygen atoms in total. The van der Waals surface area contributed by atoms with Gasteiger partial charge in [0.25, 0.3) is 5.89 Å². The van der Waals surface area contributed by atoms with Crippen LogP contribution in [0.3, 0.4) is 0 Å². The third kappa shape index (κ3) is 2.77. The maximum absolute atomic E-state index is 8.82. The zero-order chi connectivity index (χ0) is 13.1. The molecule has 2 aromatic heterocycles. The van der Waals surface area contributed by atoms with E-state index in [0.29, 0.717) is 24.9 Å². The minimum atomic E-state index is 0.109. The van der Waals surface area contributed by atoms with Crippen LogP contribution in [0.2, 0.25) is 0 Å². The van der Waals surface area contributed by atoms with Gasteiger partial charge in [0.05, 0.1) is 18.7 Å². The number of nitrogens with zero attached hydrogens (tertiary/aromatic N) is 3. The molecule has 1 N–H and O–H groups in total. The van der Waals surface area contributed by atoms with Gasteiger partial charge in [-0.25, -0.2) is 0 Å². The van der Waals surface area contributed by atoms with Crippen LogP contribution in [-0.4, -0.2) is 40.4 Å². The molecule has 0 amide bonds. The lowest BCUT2D eigenvalue weighted by molar-refractivity contribution is 0.206. The Balaban J connectivity index is 2.13. The molecule has 98 valence electrons. The van der Waals surface area contributed by atoms with Crippen molar-refractivity contribution < 1.29 is 13.9 Å². The molecule has 0 radical (unpaired) electrons. The summed E-state index contributed by atoms with van der Waals surface area (Å²) in [7, 11) is 1.88.